The predicted octanol–water partition coefficient (Wildman–Crippen LogP) is -7.45. The standard InChI is InChI=1S/C8H14O4.2K/c1-4-8(5(2)3,6(9)10)7(11)12;;/h5H,4H2,1-3H3,(H,9,10)(H,11,12);;/q;2*+1/p-2. The van der Waals surface area contributed by atoms with E-state index in [4.69, 9.17) is 0 Å². The van der Waals surface area contributed by atoms with E-state index in [0.717, 1.165) is 0 Å². The molecule has 0 radical (unpaired) electrons. The third-order valence-corrected chi connectivity index (χ3v) is 2.27. The van der Waals surface area contributed by atoms with Crippen molar-refractivity contribution in [2.24, 2.45) is 11.3 Å². The van der Waals surface area contributed by atoms with Crippen LogP contribution in [-0.4, -0.2) is 11.9 Å². The summed E-state index contributed by atoms with van der Waals surface area (Å²) in [6.45, 7) is 4.54. The van der Waals surface area contributed by atoms with Crippen LogP contribution in [0.3, 0.4) is 0 Å². The molecule has 14 heavy (non-hydrogen) atoms. The fourth-order valence-electron chi connectivity index (χ4n) is 1.25. The molecular weight excluding hydrogens is 238 g/mol. The number of carbonyl (C=O) groups excluding carboxylic acids is 2. The van der Waals surface area contributed by atoms with Crippen LogP contribution >= 0.6 is 0 Å². The summed E-state index contributed by atoms with van der Waals surface area (Å²) in [5.41, 5.74) is -1.85. The maximum Gasteiger partial charge on any atom is 1.00 e. The van der Waals surface area contributed by atoms with Crippen LogP contribution in [0.15, 0.2) is 0 Å². The molecule has 0 saturated heterocycles. The van der Waals surface area contributed by atoms with Crippen molar-refractivity contribution in [1.29, 1.82) is 0 Å². The molecule has 0 heterocycles. The van der Waals surface area contributed by atoms with Gasteiger partial charge in [0, 0.05) is 0 Å². The molecular formula is C8H12K2O4. The van der Waals surface area contributed by atoms with E-state index in [-0.39, 0.29) is 109 Å². The van der Waals surface area contributed by atoms with E-state index >= 15 is 0 Å². The summed E-state index contributed by atoms with van der Waals surface area (Å²) in [7, 11) is 0. The van der Waals surface area contributed by atoms with Gasteiger partial charge in [0.2, 0.25) is 0 Å². The van der Waals surface area contributed by atoms with Crippen molar-refractivity contribution in [2.45, 2.75) is 27.2 Å². The molecule has 70 valence electrons. The van der Waals surface area contributed by atoms with E-state index in [1.54, 1.807) is 0 Å². The SMILES string of the molecule is CCC(C(=O)[O-])(C(=O)[O-])C(C)C.[K+].[K+]. The Kier molecular flexibility index (Phi) is 14.2. The minimum absolute atomic E-state index is 0. The van der Waals surface area contributed by atoms with Crippen LogP contribution in [0.25, 0.3) is 0 Å². The van der Waals surface area contributed by atoms with Crippen molar-refractivity contribution in [3.63, 3.8) is 0 Å². The Balaban J connectivity index is -0.000000605. The smallest absolute Gasteiger partial charge is 0.549 e. The number of hydrogen-bond donors (Lipinski definition) is 0. The first-order chi connectivity index (χ1) is 5.39. The van der Waals surface area contributed by atoms with Gasteiger partial charge in [-0.3, -0.25) is 0 Å². The van der Waals surface area contributed by atoms with E-state index in [2.05, 4.69) is 0 Å². The zero-order chi connectivity index (χ0) is 9.94. The van der Waals surface area contributed by atoms with Crippen LogP contribution in [0.1, 0.15) is 27.2 Å². The van der Waals surface area contributed by atoms with Crippen molar-refractivity contribution in [3.05, 3.63) is 0 Å². The molecule has 0 fully saturated rings. The van der Waals surface area contributed by atoms with Crippen LogP contribution < -0.4 is 113 Å². The molecule has 0 unspecified atom stereocenters. The second-order valence-corrected chi connectivity index (χ2v) is 3.05. The topological polar surface area (TPSA) is 80.3 Å². The number of hydrogen-bond acceptors (Lipinski definition) is 4. The monoisotopic (exact) mass is 250 g/mol. The Morgan fingerprint density at radius 1 is 1.14 bits per heavy atom. The zero-order valence-electron chi connectivity index (χ0n) is 9.42. The van der Waals surface area contributed by atoms with Gasteiger partial charge in [0.1, 0.15) is 0 Å². The summed E-state index contributed by atoms with van der Waals surface area (Å²) >= 11 is 0. The average Bonchev–Trinajstić information content (AvgIpc) is 1.86. The third kappa shape index (κ3) is 4.60. The van der Waals surface area contributed by atoms with E-state index in [1.807, 2.05) is 0 Å². The number of rotatable bonds is 4. The molecule has 0 atom stereocenters. The van der Waals surface area contributed by atoms with Crippen molar-refractivity contribution >= 4 is 11.9 Å². The molecule has 0 aliphatic heterocycles. The zero-order valence-corrected chi connectivity index (χ0v) is 15.7. The molecule has 0 saturated carbocycles. The Morgan fingerprint density at radius 2 is 1.43 bits per heavy atom. The Hall–Kier alpha value is 2.21. The van der Waals surface area contributed by atoms with Gasteiger partial charge in [0.25, 0.3) is 0 Å². The second-order valence-electron chi connectivity index (χ2n) is 3.05. The van der Waals surface area contributed by atoms with Gasteiger partial charge in [-0.2, -0.15) is 0 Å². The van der Waals surface area contributed by atoms with Gasteiger partial charge in [-0.1, -0.05) is 20.8 Å². The van der Waals surface area contributed by atoms with Crippen molar-refractivity contribution in [1.82, 2.24) is 0 Å². The van der Waals surface area contributed by atoms with Crippen molar-refractivity contribution in [3.8, 4) is 0 Å². The van der Waals surface area contributed by atoms with Crippen molar-refractivity contribution in [2.75, 3.05) is 0 Å². The molecule has 6 heteroatoms. The molecule has 0 aliphatic carbocycles. The molecule has 0 spiro atoms. The Labute approximate surface area is 169 Å². The number of aliphatic carboxylic acids is 2. The van der Waals surface area contributed by atoms with Gasteiger partial charge >= 0.3 is 103 Å². The summed E-state index contributed by atoms with van der Waals surface area (Å²) < 4.78 is 0. The minimum atomic E-state index is -1.85. The van der Waals surface area contributed by atoms with E-state index in [0.29, 0.717) is 0 Å². The van der Waals surface area contributed by atoms with Gasteiger partial charge in [0.05, 0.1) is 17.4 Å². The summed E-state index contributed by atoms with van der Waals surface area (Å²) in [5.74, 6) is -3.67. The van der Waals surface area contributed by atoms with E-state index in [1.165, 1.54) is 20.8 Å². The second kappa shape index (κ2) is 9.26. The number of carboxylic acid groups (broad SMARTS) is 2. The number of carbonyl (C=O) groups is 2. The first-order valence-corrected chi connectivity index (χ1v) is 3.82. The Bertz CT molecular complexity index is 190. The van der Waals surface area contributed by atoms with Gasteiger partial charge < -0.3 is 19.8 Å². The van der Waals surface area contributed by atoms with Crippen LogP contribution in [-0.2, 0) is 9.59 Å². The van der Waals surface area contributed by atoms with Gasteiger partial charge in [-0.05, 0) is 12.3 Å². The Morgan fingerprint density at radius 3 is 1.43 bits per heavy atom. The molecule has 4 nitrogen and oxygen atoms in total. The fourth-order valence-corrected chi connectivity index (χ4v) is 1.25. The van der Waals surface area contributed by atoms with E-state index < -0.39 is 23.3 Å². The van der Waals surface area contributed by atoms with Gasteiger partial charge in [-0.15, -0.1) is 0 Å². The molecule has 0 bridgehead atoms. The molecule has 0 amide bonds. The predicted molar refractivity (Wildman–Crippen MR) is 37.6 cm³/mol. The van der Waals surface area contributed by atoms with Crippen LogP contribution in [0.5, 0.6) is 0 Å². The van der Waals surface area contributed by atoms with Crippen LogP contribution in [0.2, 0.25) is 0 Å². The molecule has 0 rings (SSSR count). The first kappa shape index (κ1) is 21.5. The van der Waals surface area contributed by atoms with E-state index in [9.17, 15) is 19.8 Å². The summed E-state index contributed by atoms with van der Waals surface area (Å²) in [6.07, 6.45) is -0.0185. The summed E-state index contributed by atoms with van der Waals surface area (Å²) in [6, 6.07) is 0. The maximum atomic E-state index is 10.6. The quantitative estimate of drug-likeness (QED) is 0.367. The van der Waals surface area contributed by atoms with Crippen molar-refractivity contribution < 1.29 is 123 Å². The summed E-state index contributed by atoms with van der Waals surface area (Å²) in [5, 5.41) is 21.2. The molecule has 0 aliphatic rings. The normalized spacial score (nSPS) is 10.0. The first-order valence-electron chi connectivity index (χ1n) is 3.82. The largest absolute Gasteiger partial charge is 1.00 e. The maximum absolute atomic E-state index is 10.6. The van der Waals surface area contributed by atoms with Gasteiger partial charge in [-0.25, -0.2) is 0 Å². The molecule has 0 aromatic carbocycles. The third-order valence-electron chi connectivity index (χ3n) is 2.27. The molecule has 0 aromatic rings. The average molecular weight is 250 g/mol. The van der Waals surface area contributed by atoms with Crippen LogP contribution in [0.4, 0.5) is 0 Å². The molecule has 0 aromatic heterocycles. The summed E-state index contributed by atoms with van der Waals surface area (Å²) in [4.78, 5) is 21.2. The number of carboxylic acids is 2. The van der Waals surface area contributed by atoms with Gasteiger partial charge in [0.15, 0.2) is 0 Å². The fraction of sp³-hybridized carbons (Fsp3) is 0.750. The minimum Gasteiger partial charge on any atom is -0.549 e. The molecule has 0 N–H and O–H groups in total. The van der Waals surface area contributed by atoms with Crippen LogP contribution in [0, 0.1) is 11.3 Å².